The average molecular weight is 411 g/mol. The number of hydrogen-bond donors (Lipinski definition) is 1. The van der Waals surface area contributed by atoms with Crippen molar-refractivity contribution in [3.8, 4) is 18.1 Å². The highest BCUT2D eigenvalue weighted by atomic mass is 19.1. The predicted molar refractivity (Wildman–Crippen MR) is 108 cm³/mol. The highest BCUT2D eigenvalue weighted by Crippen LogP contribution is 2.44. The molecule has 0 amide bonds. The number of hydrogen-bond acceptors (Lipinski definition) is 7. The van der Waals surface area contributed by atoms with E-state index in [1.807, 2.05) is 17.7 Å². The third-order valence-corrected chi connectivity index (χ3v) is 5.75. The summed E-state index contributed by atoms with van der Waals surface area (Å²) in [6.07, 6.45) is 9.49. The Kier molecular flexibility index (Phi) is 5.52. The molecule has 158 valence electrons. The summed E-state index contributed by atoms with van der Waals surface area (Å²) in [5.74, 6) is 3.13. The lowest BCUT2D eigenvalue weighted by Gasteiger charge is -2.22. The fraction of sp³-hybridized carbons (Fsp3) is 0.571. The molecule has 1 atom stereocenters. The van der Waals surface area contributed by atoms with Crippen molar-refractivity contribution in [2.45, 2.75) is 63.2 Å². The highest BCUT2D eigenvalue weighted by Gasteiger charge is 2.44. The number of benzene rings is 1. The molecule has 1 aliphatic carbocycles. The number of halogens is 1. The number of nitrogens with zero attached hydrogens (tertiary/aromatic N) is 6. The van der Waals surface area contributed by atoms with Crippen molar-refractivity contribution in [2.24, 2.45) is 10.2 Å². The molecular weight excluding hydrogens is 385 g/mol. The van der Waals surface area contributed by atoms with Crippen LogP contribution in [0, 0.1) is 18.2 Å². The molecule has 0 bridgehead atoms. The van der Waals surface area contributed by atoms with Crippen LogP contribution in [0.1, 0.15) is 63.4 Å². The number of terminal acetylenes is 1. The average Bonchev–Trinajstić information content (AvgIpc) is 3.63. The molecule has 2 aromatic rings. The Hall–Kier alpha value is -2.86. The fourth-order valence-electron chi connectivity index (χ4n) is 3.56. The summed E-state index contributed by atoms with van der Waals surface area (Å²) >= 11 is 0. The van der Waals surface area contributed by atoms with Gasteiger partial charge in [-0.2, -0.15) is 10.2 Å². The summed E-state index contributed by atoms with van der Waals surface area (Å²) in [5, 5.41) is 24.2. The van der Waals surface area contributed by atoms with Gasteiger partial charge in [0.2, 0.25) is 0 Å². The first kappa shape index (κ1) is 20.4. The molecule has 2 aliphatic rings. The molecule has 0 radical (unpaired) electrons. The molecule has 1 saturated carbocycles. The van der Waals surface area contributed by atoms with E-state index in [0.717, 1.165) is 24.8 Å². The van der Waals surface area contributed by atoms with Crippen molar-refractivity contribution < 1.29 is 9.13 Å². The number of tetrazole rings is 1. The van der Waals surface area contributed by atoms with Gasteiger partial charge in [-0.15, -0.1) is 17.4 Å². The second kappa shape index (κ2) is 8.11. The van der Waals surface area contributed by atoms with E-state index in [0.29, 0.717) is 31.8 Å². The van der Waals surface area contributed by atoms with Crippen LogP contribution in [0.15, 0.2) is 28.4 Å². The Bertz CT molecular complexity index is 970. The van der Waals surface area contributed by atoms with Crippen LogP contribution < -0.4 is 10.1 Å². The largest absolute Gasteiger partial charge is 0.491 e. The van der Waals surface area contributed by atoms with Gasteiger partial charge in [0.25, 0.3) is 0 Å². The summed E-state index contributed by atoms with van der Waals surface area (Å²) < 4.78 is 21.8. The predicted octanol–water partition coefficient (Wildman–Crippen LogP) is 3.36. The van der Waals surface area contributed by atoms with Crippen LogP contribution in [0.2, 0.25) is 0 Å². The van der Waals surface area contributed by atoms with Crippen LogP contribution in [-0.2, 0) is 5.54 Å². The zero-order chi connectivity index (χ0) is 21.2. The Morgan fingerprint density at radius 3 is 2.77 bits per heavy atom. The maximum absolute atomic E-state index is 14.6. The fourth-order valence-corrected chi connectivity index (χ4v) is 3.56. The minimum absolute atomic E-state index is 0.0856. The number of rotatable bonds is 11. The summed E-state index contributed by atoms with van der Waals surface area (Å²) in [4.78, 5) is 0. The van der Waals surface area contributed by atoms with Crippen molar-refractivity contribution >= 4 is 0 Å². The number of nitrogens with one attached hydrogen (secondary N) is 1. The zero-order valence-electron chi connectivity index (χ0n) is 17.3. The van der Waals surface area contributed by atoms with Gasteiger partial charge >= 0.3 is 0 Å². The van der Waals surface area contributed by atoms with Gasteiger partial charge in [-0.05, 0) is 54.8 Å². The van der Waals surface area contributed by atoms with E-state index >= 15 is 0 Å². The van der Waals surface area contributed by atoms with Crippen LogP contribution in [0.25, 0.3) is 0 Å². The zero-order valence-corrected chi connectivity index (χ0v) is 17.3. The van der Waals surface area contributed by atoms with Crippen molar-refractivity contribution in [2.75, 3.05) is 13.2 Å². The maximum atomic E-state index is 14.6. The molecule has 1 N–H and O–H groups in total. The SMILES string of the molecule is C#CCCC1(CCNC(c2ccc(OCC)c(F)c2)c2nnnn2C2(C)CC2)N=N1. The molecule has 1 aromatic carbocycles. The first-order valence-electron chi connectivity index (χ1n) is 10.3. The lowest BCUT2D eigenvalue weighted by Crippen LogP contribution is -2.31. The Morgan fingerprint density at radius 2 is 2.13 bits per heavy atom. The second-order valence-electron chi connectivity index (χ2n) is 8.09. The monoisotopic (exact) mass is 411 g/mol. The maximum Gasteiger partial charge on any atom is 0.193 e. The molecule has 8 nitrogen and oxygen atoms in total. The van der Waals surface area contributed by atoms with E-state index in [-0.39, 0.29) is 23.0 Å². The first-order valence-corrected chi connectivity index (χ1v) is 10.3. The molecule has 2 heterocycles. The lowest BCUT2D eigenvalue weighted by molar-refractivity contribution is 0.321. The van der Waals surface area contributed by atoms with E-state index in [9.17, 15) is 4.39 Å². The van der Waals surface area contributed by atoms with Gasteiger partial charge in [0.1, 0.15) is 0 Å². The van der Waals surface area contributed by atoms with Crippen LogP contribution in [-0.4, -0.2) is 39.0 Å². The third kappa shape index (κ3) is 4.19. The summed E-state index contributed by atoms with van der Waals surface area (Å²) in [6, 6.07) is 4.61. The van der Waals surface area contributed by atoms with Crippen LogP contribution in [0.5, 0.6) is 5.75 Å². The minimum Gasteiger partial charge on any atom is -0.491 e. The molecule has 0 saturated heterocycles. The van der Waals surface area contributed by atoms with Crippen molar-refractivity contribution in [1.82, 2.24) is 25.5 Å². The second-order valence-corrected chi connectivity index (χ2v) is 8.09. The third-order valence-electron chi connectivity index (χ3n) is 5.75. The van der Waals surface area contributed by atoms with E-state index in [1.54, 1.807) is 6.07 Å². The number of ether oxygens (including phenoxy) is 1. The molecule has 1 unspecified atom stereocenters. The summed E-state index contributed by atoms with van der Waals surface area (Å²) in [6.45, 7) is 4.97. The van der Waals surface area contributed by atoms with Crippen LogP contribution >= 0.6 is 0 Å². The van der Waals surface area contributed by atoms with E-state index < -0.39 is 5.82 Å². The Balaban J connectivity index is 1.56. The van der Waals surface area contributed by atoms with Gasteiger partial charge < -0.3 is 10.1 Å². The van der Waals surface area contributed by atoms with E-state index in [4.69, 9.17) is 11.2 Å². The van der Waals surface area contributed by atoms with Crippen molar-refractivity contribution in [3.05, 3.63) is 35.4 Å². The summed E-state index contributed by atoms with van der Waals surface area (Å²) in [5.41, 5.74) is 0.263. The Labute approximate surface area is 175 Å². The lowest BCUT2D eigenvalue weighted by atomic mass is 10.0. The minimum atomic E-state index is -0.407. The van der Waals surface area contributed by atoms with Gasteiger partial charge in [-0.3, -0.25) is 0 Å². The quantitative estimate of drug-likeness (QED) is 0.573. The first-order chi connectivity index (χ1) is 14.5. The topological polar surface area (TPSA) is 89.6 Å². The molecule has 30 heavy (non-hydrogen) atoms. The smallest absolute Gasteiger partial charge is 0.193 e. The molecule has 1 aliphatic heterocycles. The molecule has 9 heteroatoms. The van der Waals surface area contributed by atoms with Crippen LogP contribution in [0.3, 0.4) is 0 Å². The van der Waals surface area contributed by atoms with Gasteiger partial charge in [0.05, 0.1) is 18.2 Å². The van der Waals surface area contributed by atoms with Gasteiger partial charge in [-0.1, -0.05) is 6.07 Å². The van der Waals surface area contributed by atoms with E-state index in [2.05, 4.69) is 43.9 Å². The van der Waals surface area contributed by atoms with Gasteiger partial charge in [-0.25, -0.2) is 9.07 Å². The molecule has 1 aromatic heterocycles. The molecular formula is C21H26FN7O. The number of aromatic nitrogens is 4. The highest BCUT2D eigenvalue weighted by molar-refractivity contribution is 5.33. The Morgan fingerprint density at radius 1 is 1.33 bits per heavy atom. The van der Waals surface area contributed by atoms with Crippen molar-refractivity contribution in [1.29, 1.82) is 0 Å². The normalized spacial score (nSPS) is 18.6. The van der Waals surface area contributed by atoms with Crippen LogP contribution in [0.4, 0.5) is 4.39 Å². The van der Waals surface area contributed by atoms with Crippen molar-refractivity contribution in [3.63, 3.8) is 0 Å². The molecule has 4 rings (SSSR count). The molecule has 0 spiro atoms. The van der Waals surface area contributed by atoms with Gasteiger partial charge in [0.15, 0.2) is 23.1 Å². The molecule has 1 fully saturated rings. The summed E-state index contributed by atoms with van der Waals surface area (Å²) in [7, 11) is 0. The van der Waals surface area contributed by atoms with Gasteiger partial charge in [0, 0.05) is 25.8 Å². The van der Waals surface area contributed by atoms with E-state index in [1.165, 1.54) is 6.07 Å². The standard InChI is InChI=1S/C21H26FN7O/c1-4-6-9-21(25-26-21)12-13-23-18(15-7-8-17(30-5-2)16(22)14-15)19-24-27-28-29(19)20(3)10-11-20/h1,7-8,14,18,23H,5-6,9-13H2,2-3H3.